The molecule has 5 rings (SSSR count). The summed E-state index contributed by atoms with van der Waals surface area (Å²) in [7, 11) is 1.70. The standard InChI is InChI=1S/C24H24N2O4/c1-28-20-9-5-8-18-10-15-29-24(22(18)20)11-13-26(14-12-24)23(27)19-16-21(30-25-19)17-6-3-2-4-7-17/h2-9,16H,10-15H2,1H3. The fourth-order valence-corrected chi connectivity index (χ4v) is 4.64. The lowest BCUT2D eigenvalue weighted by atomic mass is 9.78. The SMILES string of the molecule is COc1cccc2c1C1(CCN(C(=O)c3cc(-c4ccccc4)on3)CC1)OCC2. The molecule has 1 saturated heterocycles. The Kier molecular flexibility index (Phi) is 4.79. The Morgan fingerprint density at radius 2 is 1.90 bits per heavy atom. The van der Waals surface area contributed by atoms with Gasteiger partial charge in [-0.1, -0.05) is 47.6 Å². The third-order valence-electron chi connectivity index (χ3n) is 6.18. The highest BCUT2D eigenvalue weighted by atomic mass is 16.5. The molecule has 0 saturated carbocycles. The average Bonchev–Trinajstić information content (AvgIpc) is 3.30. The number of methoxy groups -OCH3 is 1. The summed E-state index contributed by atoms with van der Waals surface area (Å²) < 4.78 is 17.4. The van der Waals surface area contributed by atoms with Crippen LogP contribution in [0.15, 0.2) is 59.1 Å². The van der Waals surface area contributed by atoms with Crippen molar-refractivity contribution < 1.29 is 18.8 Å². The van der Waals surface area contributed by atoms with Gasteiger partial charge in [-0.25, -0.2) is 0 Å². The van der Waals surface area contributed by atoms with Crippen LogP contribution >= 0.6 is 0 Å². The van der Waals surface area contributed by atoms with Crippen molar-refractivity contribution in [1.82, 2.24) is 10.1 Å². The molecule has 0 unspecified atom stereocenters. The molecule has 3 aromatic rings. The first kappa shape index (κ1) is 18.9. The van der Waals surface area contributed by atoms with Gasteiger partial charge in [0.2, 0.25) is 0 Å². The van der Waals surface area contributed by atoms with Crippen LogP contribution in [0, 0.1) is 0 Å². The monoisotopic (exact) mass is 404 g/mol. The Morgan fingerprint density at radius 3 is 2.67 bits per heavy atom. The highest BCUT2D eigenvalue weighted by Gasteiger charge is 2.44. The minimum absolute atomic E-state index is 0.105. The molecule has 0 radical (unpaired) electrons. The predicted octanol–water partition coefficient (Wildman–Crippen LogP) is 4.05. The van der Waals surface area contributed by atoms with E-state index in [4.69, 9.17) is 14.0 Å². The molecular weight excluding hydrogens is 380 g/mol. The Bertz CT molecular complexity index is 1040. The van der Waals surface area contributed by atoms with Gasteiger partial charge in [0.05, 0.1) is 13.7 Å². The molecule has 2 aromatic carbocycles. The van der Waals surface area contributed by atoms with Crippen LogP contribution in [-0.2, 0) is 16.8 Å². The number of aromatic nitrogens is 1. The first-order valence-electron chi connectivity index (χ1n) is 10.3. The molecule has 1 fully saturated rings. The number of fused-ring (bicyclic) bond motifs is 2. The second kappa shape index (κ2) is 7.61. The number of piperidine rings is 1. The van der Waals surface area contributed by atoms with E-state index in [-0.39, 0.29) is 5.91 Å². The average molecular weight is 404 g/mol. The molecule has 0 atom stereocenters. The van der Waals surface area contributed by atoms with E-state index in [0.29, 0.717) is 31.2 Å². The number of likely N-dealkylation sites (tertiary alicyclic amines) is 1. The van der Waals surface area contributed by atoms with Crippen molar-refractivity contribution in [3.8, 4) is 17.1 Å². The maximum Gasteiger partial charge on any atom is 0.276 e. The van der Waals surface area contributed by atoms with Crippen LogP contribution in [0.3, 0.4) is 0 Å². The van der Waals surface area contributed by atoms with Crippen molar-refractivity contribution in [2.24, 2.45) is 0 Å². The normalized spacial score (nSPS) is 17.6. The lowest BCUT2D eigenvalue weighted by Gasteiger charge is -2.45. The molecule has 2 aliphatic rings. The summed E-state index contributed by atoms with van der Waals surface area (Å²) in [4.78, 5) is 14.9. The highest BCUT2D eigenvalue weighted by Crippen LogP contribution is 2.45. The van der Waals surface area contributed by atoms with Gasteiger partial charge in [0.25, 0.3) is 5.91 Å². The van der Waals surface area contributed by atoms with E-state index >= 15 is 0 Å². The zero-order valence-electron chi connectivity index (χ0n) is 17.0. The van der Waals surface area contributed by atoms with Crippen LogP contribution in [0.1, 0.15) is 34.5 Å². The van der Waals surface area contributed by atoms with E-state index in [1.54, 1.807) is 13.2 Å². The third-order valence-corrected chi connectivity index (χ3v) is 6.18. The molecule has 1 aromatic heterocycles. The van der Waals surface area contributed by atoms with Crippen LogP contribution in [-0.4, -0.2) is 42.8 Å². The summed E-state index contributed by atoms with van der Waals surface area (Å²) in [5.41, 5.74) is 3.28. The fourth-order valence-electron chi connectivity index (χ4n) is 4.64. The maximum atomic E-state index is 13.0. The van der Waals surface area contributed by atoms with Gasteiger partial charge in [-0.3, -0.25) is 4.79 Å². The number of amides is 1. The number of hydrogen-bond acceptors (Lipinski definition) is 5. The molecule has 1 amide bonds. The lowest BCUT2D eigenvalue weighted by Crippen LogP contribution is -2.48. The molecule has 0 N–H and O–H groups in total. The number of benzene rings is 2. The summed E-state index contributed by atoms with van der Waals surface area (Å²) in [6, 6.07) is 17.6. The van der Waals surface area contributed by atoms with Crippen molar-refractivity contribution in [2.45, 2.75) is 24.9 Å². The number of carbonyl (C=O) groups excluding carboxylic acids is 1. The van der Waals surface area contributed by atoms with Gasteiger partial charge in [-0.15, -0.1) is 0 Å². The van der Waals surface area contributed by atoms with Gasteiger partial charge in [0.1, 0.15) is 11.4 Å². The third kappa shape index (κ3) is 3.17. The smallest absolute Gasteiger partial charge is 0.276 e. The highest BCUT2D eigenvalue weighted by molar-refractivity contribution is 5.93. The Morgan fingerprint density at radius 1 is 1.10 bits per heavy atom. The minimum Gasteiger partial charge on any atom is -0.496 e. The van der Waals surface area contributed by atoms with E-state index < -0.39 is 5.60 Å². The molecule has 0 aliphatic carbocycles. The van der Waals surface area contributed by atoms with Crippen LogP contribution in [0.4, 0.5) is 0 Å². The van der Waals surface area contributed by atoms with E-state index in [1.807, 2.05) is 47.4 Å². The van der Waals surface area contributed by atoms with Crippen LogP contribution in [0.2, 0.25) is 0 Å². The van der Waals surface area contributed by atoms with E-state index in [0.717, 1.165) is 36.1 Å². The topological polar surface area (TPSA) is 64.8 Å². The molecule has 3 heterocycles. The zero-order chi connectivity index (χ0) is 20.6. The fraction of sp³-hybridized carbons (Fsp3) is 0.333. The second-order valence-corrected chi connectivity index (χ2v) is 7.82. The van der Waals surface area contributed by atoms with Crippen molar-refractivity contribution in [2.75, 3.05) is 26.8 Å². The Labute approximate surface area is 175 Å². The second-order valence-electron chi connectivity index (χ2n) is 7.82. The van der Waals surface area contributed by atoms with Crippen molar-refractivity contribution in [3.63, 3.8) is 0 Å². The van der Waals surface area contributed by atoms with Gasteiger partial charge >= 0.3 is 0 Å². The Hall–Kier alpha value is -3.12. The van der Waals surface area contributed by atoms with E-state index in [2.05, 4.69) is 11.2 Å². The largest absolute Gasteiger partial charge is 0.496 e. The lowest BCUT2D eigenvalue weighted by molar-refractivity contribution is -0.0947. The molecule has 1 spiro atoms. The van der Waals surface area contributed by atoms with E-state index in [1.165, 1.54) is 5.56 Å². The molecule has 30 heavy (non-hydrogen) atoms. The number of ether oxygens (including phenoxy) is 2. The van der Waals surface area contributed by atoms with Gasteiger partial charge in [-0.2, -0.15) is 0 Å². The van der Waals surface area contributed by atoms with Crippen molar-refractivity contribution >= 4 is 5.91 Å². The van der Waals surface area contributed by atoms with Gasteiger partial charge in [-0.05, 0) is 30.9 Å². The van der Waals surface area contributed by atoms with Crippen molar-refractivity contribution in [3.05, 3.63) is 71.4 Å². The summed E-state index contributed by atoms with van der Waals surface area (Å²) >= 11 is 0. The summed E-state index contributed by atoms with van der Waals surface area (Å²) in [6.07, 6.45) is 2.35. The zero-order valence-corrected chi connectivity index (χ0v) is 17.0. The van der Waals surface area contributed by atoms with Crippen molar-refractivity contribution in [1.29, 1.82) is 0 Å². The molecule has 2 aliphatic heterocycles. The van der Waals surface area contributed by atoms with E-state index in [9.17, 15) is 4.79 Å². The molecule has 154 valence electrons. The van der Waals surface area contributed by atoms with Crippen LogP contribution in [0.25, 0.3) is 11.3 Å². The predicted molar refractivity (Wildman–Crippen MR) is 111 cm³/mol. The minimum atomic E-state index is -0.393. The number of rotatable bonds is 3. The number of hydrogen-bond donors (Lipinski definition) is 0. The Balaban J connectivity index is 1.34. The van der Waals surface area contributed by atoms with Gasteiger partial charge < -0.3 is 18.9 Å². The quantitative estimate of drug-likeness (QED) is 0.659. The first-order valence-corrected chi connectivity index (χ1v) is 10.3. The molecule has 6 nitrogen and oxygen atoms in total. The summed E-state index contributed by atoms with van der Waals surface area (Å²) in [5.74, 6) is 1.37. The summed E-state index contributed by atoms with van der Waals surface area (Å²) in [5, 5.41) is 4.02. The summed E-state index contributed by atoms with van der Waals surface area (Å²) in [6.45, 7) is 1.89. The first-order chi connectivity index (χ1) is 14.7. The van der Waals surface area contributed by atoms with Crippen LogP contribution in [0.5, 0.6) is 5.75 Å². The number of carbonyl (C=O) groups is 1. The van der Waals surface area contributed by atoms with Crippen LogP contribution < -0.4 is 4.74 Å². The van der Waals surface area contributed by atoms with Gasteiger partial charge in [0.15, 0.2) is 11.5 Å². The number of nitrogens with zero attached hydrogens (tertiary/aromatic N) is 2. The molecular formula is C24H24N2O4. The maximum absolute atomic E-state index is 13.0. The molecule has 0 bridgehead atoms. The molecule has 6 heteroatoms. The van der Waals surface area contributed by atoms with Gasteiger partial charge in [0, 0.05) is 30.3 Å².